The highest BCUT2D eigenvalue weighted by Crippen LogP contribution is 2.27. The fourth-order valence-corrected chi connectivity index (χ4v) is 2.50. The summed E-state index contributed by atoms with van der Waals surface area (Å²) in [6.45, 7) is 4.74. The molecule has 18 heavy (non-hydrogen) atoms. The van der Waals surface area contributed by atoms with Crippen LogP contribution >= 0.6 is 0 Å². The molecule has 0 aliphatic carbocycles. The van der Waals surface area contributed by atoms with Crippen molar-refractivity contribution in [3.63, 3.8) is 0 Å². The molecule has 1 fully saturated rings. The van der Waals surface area contributed by atoms with Crippen molar-refractivity contribution in [3.8, 4) is 0 Å². The first-order valence-electron chi connectivity index (χ1n) is 6.31. The number of nitrogens with one attached hydrogen (secondary N) is 1. The average molecular weight is 247 g/mol. The zero-order valence-corrected chi connectivity index (χ0v) is 10.5. The number of piperidine rings is 1. The van der Waals surface area contributed by atoms with Crippen LogP contribution in [0.4, 0.5) is 0 Å². The fourth-order valence-electron chi connectivity index (χ4n) is 2.50. The average Bonchev–Trinajstić information content (AvgIpc) is 3.02. The Morgan fingerprint density at radius 2 is 2.28 bits per heavy atom. The van der Waals surface area contributed by atoms with Crippen LogP contribution in [0, 0.1) is 6.92 Å². The Labute approximate surface area is 105 Å². The van der Waals surface area contributed by atoms with Gasteiger partial charge in [0.15, 0.2) is 5.82 Å². The topological polar surface area (TPSA) is 70.8 Å². The highest BCUT2D eigenvalue weighted by atomic mass is 16.5. The van der Waals surface area contributed by atoms with Gasteiger partial charge in [0, 0.05) is 6.20 Å². The molecular formula is C12H17N5O. The Kier molecular flexibility index (Phi) is 3.10. The smallest absolute Gasteiger partial charge is 0.240 e. The van der Waals surface area contributed by atoms with E-state index >= 15 is 0 Å². The number of likely N-dealkylation sites (tertiary alicyclic amines) is 1. The van der Waals surface area contributed by atoms with Gasteiger partial charge in [0.25, 0.3) is 0 Å². The van der Waals surface area contributed by atoms with Crippen molar-refractivity contribution in [1.82, 2.24) is 25.2 Å². The SMILES string of the molecule is Cc1noc(CN2CCC(c3cn[nH]c3)CC2)n1. The zero-order valence-electron chi connectivity index (χ0n) is 10.5. The summed E-state index contributed by atoms with van der Waals surface area (Å²) < 4.78 is 5.15. The molecule has 0 atom stereocenters. The summed E-state index contributed by atoms with van der Waals surface area (Å²) >= 11 is 0. The second-order valence-corrected chi connectivity index (χ2v) is 4.82. The van der Waals surface area contributed by atoms with E-state index in [1.807, 2.05) is 19.3 Å². The summed E-state index contributed by atoms with van der Waals surface area (Å²) in [7, 11) is 0. The number of aromatic nitrogens is 4. The van der Waals surface area contributed by atoms with Crippen molar-refractivity contribution in [2.45, 2.75) is 32.2 Å². The Morgan fingerprint density at radius 1 is 1.44 bits per heavy atom. The molecule has 1 aliphatic heterocycles. The highest BCUT2D eigenvalue weighted by Gasteiger charge is 2.22. The number of hydrogen-bond acceptors (Lipinski definition) is 5. The van der Waals surface area contributed by atoms with Gasteiger partial charge in [-0.25, -0.2) is 0 Å². The molecule has 2 aromatic rings. The van der Waals surface area contributed by atoms with Crippen molar-refractivity contribution >= 4 is 0 Å². The molecule has 6 nitrogen and oxygen atoms in total. The molecule has 2 aromatic heterocycles. The first kappa shape index (κ1) is 11.4. The summed E-state index contributed by atoms with van der Waals surface area (Å²) in [4.78, 5) is 6.60. The third-order valence-corrected chi connectivity index (χ3v) is 3.51. The number of rotatable bonds is 3. The van der Waals surface area contributed by atoms with Gasteiger partial charge < -0.3 is 4.52 Å². The van der Waals surface area contributed by atoms with Crippen LogP contribution in [-0.4, -0.2) is 38.3 Å². The van der Waals surface area contributed by atoms with Crippen molar-refractivity contribution in [2.75, 3.05) is 13.1 Å². The molecule has 96 valence electrons. The summed E-state index contributed by atoms with van der Waals surface area (Å²) in [6.07, 6.45) is 6.25. The second kappa shape index (κ2) is 4.89. The Morgan fingerprint density at radius 3 is 2.89 bits per heavy atom. The molecule has 1 N–H and O–H groups in total. The lowest BCUT2D eigenvalue weighted by Crippen LogP contribution is -2.32. The molecule has 0 radical (unpaired) electrons. The van der Waals surface area contributed by atoms with Crippen LogP contribution in [0.15, 0.2) is 16.9 Å². The number of aromatic amines is 1. The molecule has 6 heteroatoms. The van der Waals surface area contributed by atoms with Gasteiger partial charge in [-0.15, -0.1) is 0 Å². The minimum absolute atomic E-state index is 0.629. The number of hydrogen-bond donors (Lipinski definition) is 1. The maximum atomic E-state index is 5.15. The Balaban J connectivity index is 1.54. The van der Waals surface area contributed by atoms with E-state index in [1.165, 1.54) is 5.56 Å². The Bertz CT molecular complexity index is 484. The van der Waals surface area contributed by atoms with Gasteiger partial charge in [-0.1, -0.05) is 5.16 Å². The van der Waals surface area contributed by atoms with E-state index in [9.17, 15) is 0 Å². The molecule has 3 heterocycles. The summed E-state index contributed by atoms with van der Waals surface area (Å²) in [5, 5.41) is 10.7. The van der Waals surface area contributed by atoms with E-state index in [1.54, 1.807) is 0 Å². The van der Waals surface area contributed by atoms with Gasteiger partial charge in [0.2, 0.25) is 5.89 Å². The predicted molar refractivity (Wildman–Crippen MR) is 64.9 cm³/mol. The summed E-state index contributed by atoms with van der Waals surface area (Å²) in [6, 6.07) is 0. The molecule has 0 aromatic carbocycles. The number of H-pyrrole nitrogens is 1. The van der Waals surface area contributed by atoms with E-state index < -0.39 is 0 Å². The first-order valence-corrected chi connectivity index (χ1v) is 6.31. The van der Waals surface area contributed by atoms with Gasteiger partial charge in [0.1, 0.15) is 0 Å². The standard InChI is InChI=1S/C12H17N5O/c1-9-15-12(18-16-9)8-17-4-2-10(3-5-17)11-6-13-14-7-11/h6-7,10H,2-5,8H2,1H3,(H,13,14). The number of aryl methyl sites for hydroxylation is 1. The Hall–Kier alpha value is -1.69. The molecule has 0 amide bonds. The number of nitrogens with zero attached hydrogens (tertiary/aromatic N) is 4. The van der Waals surface area contributed by atoms with Crippen molar-refractivity contribution in [1.29, 1.82) is 0 Å². The van der Waals surface area contributed by atoms with Crippen molar-refractivity contribution in [2.24, 2.45) is 0 Å². The molecule has 1 aliphatic rings. The quantitative estimate of drug-likeness (QED) is 0.889. The van der Waals surface area contributed by atoms with Crippen LogP contribution < -0.4 is 0 Å². The lowest BCUT2D eigenvalue weighted by molar-refractivity contribution is 0.181. The van der Waals surface area contributed by atoms with Crippen LogP contribution in [0.1, 0.15) is 36.0 Å². The van der Waals surface area contributed by atoms with E-state index in [2.05, 4.69) is 25.2 Å². The first-order chi connectivity index (χ1) is 8.81. The van der Waals surface area contributed by atoms with Gasteiger partial charge in [0.05, 0.1) is 12.7 Å². The van der Waals surface area contributed by atoms with Crippen LogP contribution in [-0.2, 0) is 6.54 Å². The lowest BCUT2D eigenvalue weighted by Gasteiger charge is -2.30. The largest absolute Gasteiger partial charge is 0.338 e. The zero-order chi connectivity index (χ0) is 12.4. The predicted octanol–water partition coefficient (Wildman–Crippen LogP) is 1.48. The highest BCUT2D eigenvalue weighted by molar-refractivity contribution is 5.11. The minimum atomic E-state index is 0.629. The van der Waals surface area contributed by atoms with Crippen LogP contribution in [0.5, 0.6) is 0 Å². The van der Waals surface area contributed by atoms with Gasteiger partial charge in [-0.05, 0) is 44.3 Å². The van der Waals surface area contributed by atoms with Crippen LogP contribution in [0.25, 0.3) is 0 Å². The van der Waals surface area contributed by atoms with Crippen LogP contribution in [0.2, 0.25) is 0 Å². The molecule has 1 saturated heterocycles. The second-order valence-electron chi connectivity index (χ2n) is 4.82. The van der Waals surface area contributed by atoms with Crippen molar-refractivity contribution < 1.29 is 4.52 Å². The fraction of sp³-hybridized carbons (Fsp3) is 0.583. The molecular weight excluding hydrogens is 230 g/mol. The maximum absolute atomic E-state index is 5.15. The molecule has 3 rings (SSSR count). The van der Waals surface area contributed by atoms with Gasteiger partial charge in [-0.2, -0.15) is 10.1 Å². The maximum Gasteiger partial charge on any atom is 0.240 e. The molecule has 0 unspecified atom stereocenters. The minimum Gasteiger partial charge on any atom is -0.338 e. The van der Waals surface area contributed by atoms with E-state index in [0.29, 0.717) is 17.6 Å². The third kappa shape index (κ3) is 2.43. The molecule has 0 saturated carbocycles. The lowest BCUT2D eigenvalue weighted by atomic mass is 9.92. The summed E-state index contributed by atoms with van der Waals surface area (Å²) in [5.74, 6) is 2.05. The van der Waals surface area contributed by atoms with Crippen LogP contribution in [0.3, 0.4) is 0 Å². The van der Waals surface area contributed by atoms with Gasteiger partial charge >= 0.3 is 0 Å². The molecule has 0 spiro atoms. The van der Waals surface area contributed by atoms with E-state index in [0.717, 1.165) is 32.5 Å². The monoisotopic (exact) mass is 247 g/mol. The van der Waals surface area contributed by atoms with E-state index in [4.69, 9.17) is 4.52 Å². The van der Waals surface area contributed by atoms with Crippen molar-refractivity contribution in [3.05, 3.63) is 29.7 Å². The van der Waals surface area contributed by atoms with Gasteiger partial charge in [-0.3, -0.25) is 10.00 Å². The van der Waals surface area contributed by atoms with E-state index in [-0.39, 0.29) is 0 Å². The normalized spacial score (nSPS) is 18.3. The third-order valence-electron chi connectivity index (χ3n) is 3.51. The molecule has 0 bridgehead atoms. The summed E-state index contributed by atoms with van der Waals surface area (Å²) in [5.41, 5.74) is 1.32.